The second kappa shape index (κ2) is 8.28. The molecule has 0 aliphatic carbocycles. The molecule has 0 bridgehead atoms. The molecular formula is C22H18N4O2S. The number of aryl methyl sites for hydroxylation is 2. The molecule has 4 aromatic rings. The minimum atomic E-state index is -0.302. The fourth-order valence-corrected chi connectivity index (χ4v) is 3.59. The van der Waals surface area contributed by atoms with E-state index in [0.717, 1.165) is 21.7 Å². The summed E-state index contributed by atoms with van der Waals surface area (Å²) in [5.41, 5.74) is 2.76. The molecule has 0 spiro atoms. The minimum Gasteiger partial charge on any atom is -0.441 e. The first kappa shape index (κ1) is 18.9. The van der Waals surface area contributed by atoms with E-state index >= 15 is 0 Å². The van der Waals surface area contributed by atoms with Gasteiger partial charge in [-0.05, 0) is 67.6 Å². The third-order valence-electron chi connectivity index (χ3n) is 4.23. The van der Waals surface area contributed by atoms with Crippen molar-refractivity contribution >= 4 is 23.4 Å². The maximum absolute atomic E-state index is 12.7. The largest absolute Gasteiger partial charge is 0.441 e. The Morgan fingerprint density at radius 1 is 1.00 bits per heavy atom. The standard InChI is InChI=1S/C22H18N4O2S/c1-14-13-17(29-22-23-11-6-12-24-22)9-10-18(14)25-20(27)19-15(2)28-21(26-19)16-7-4-3-5-8-16/h3-13H,1-2H3,(H,25,27). The molecule has 144 valence electrons. The lowest BCUT2D eigenvalue weighted by molar-refractivity contribution is 0.102. The van der Waals surface area contributed by atoms with Crippen molar-refractivity contribution in [2.24, 2.45) is 0 Å². The smallest absolute Gasteiger partial charge is 0.277 e. The number of nitrogens with one attached hydrogen (secondary N) is 1. The van der Waals surface area contributed by atoms with Crippen LogP contribution in [0, 0.1) is 13.8 Å². The summed E-state index contributed by atoms with van der Waals surface area (Å²) in [5, 5.41) is 3.60. The topological polar surface area (TPSA) is 80.9 Å². The Balaban J connectivity index is 1.51. The predicted molar refractivity (Wildman–Crippen MR) is 112 cm³/mol. The van der Waals surface area contributed by atoms with Gasteiger partial charge < -0.3 is 9.73 Å². The number of carbonyl (C=O) groups excluding carboxylic acids is 1. The number of rotatable bonds is 5. The average molecular weight is 402 g/mol. The Bertz CT molecular complexity index is 1140. The maximum Gasteiger partial charge on any atom is 0.277 e. The molecule has 0 atom stereocenters. The number of amides is 1. The van der Waals surface area contributed by atoms with Gasteiger partial charge in [0.15, 0.2) is 10.9 Å². The van der Waals surface area contributed by atoms with Crippen molar-refractivity contribution in [3.8, 4) is 11.5 Å². The van der Waals surface area contributed by atoms with Crippen LogP contribution in [0.25, 0.3) is 11.5 Å². The van der Waals surface area contributed by atoms with Crippen molar-refractivity contribution in [2.75, 3.05) is 5.32 Å². The normalized spacial score (nSPS) is 10.7. The molecule has 2 aromatic heterocycles. The monoisotopic (exact) mass is 402 g/mol. The van der Waals surface area contributed by atoms with Crippen molar-refractivity contribution in [1.29, 1.82) is 0 Å². The van der Waals surface area contributed by atoms with Crippen LogP contribution in [-0.2, 0) is 0 Å². The average Bonchev–Trinajstić information content (AvgIpc) is 3.13. The Morgan fingerprint density at radius 2 is 1.76 bits per heavy atom. The Morgan fingerprint density at radius 3 is 2.48 bits per heavy atom. The fourth-order valence-electron chi connectivity index (χ4n) is 2.78. The van der Waals surface area contributed by atoms with Gasteiger partial charge in [0.25, 0.3) is 5.91 Å². The summed E-state index contributed by atoms with van der Waals surface area (Å²) in [6.07, 6.45) is 3.42. The number of oxazole rings is 1. The van der Waals surface area contributed by atoms with Gasteiger partial charge in [-0.2, -0.15) is 0 Å². The summed E-state index contributed by atoms with van der Waals surface area (Å²) in [6, 6.07) is 17.1. The predicted octanol–water partition coefficient (Wildman–Crippen LogP) is 5.15. The van der Waals surface area contributed by atoms with E-state index in [2.05, 4.69) is 20.3 Å². The molecule has 6 nitrogen and oxygen atoms in total. The highest BCUT2D eigenvalue weighted by Crippen LogP contribution is 2.28. The van der Waals surface area contributed by atoms with E-state index in [1.54, 1.807) is 25.4 Å². The van der Waals surface area contributed by atoms with Gasteiger partial charge in [0.2, 0.25) is 5.89 Å². The van der Waals surface area contributed by atoms with Crippen LogP contribution in [0.3, 0.4) is 0 Å². The van der Waals surface area contributed by atoms with Gasteiger partial charge in [-0.15, -0.1) is 0 Å². The first-order valence-electron chi connectivity index (χ1n) is 9.00. The Kier molecular flexibility index (Phi) is 5.39. The molecule has 29 heavy (non-hydrogen) atoms. The summed E-state index contributed by atoms with van der Waals surface area (Å²) in [4.78, 5) is 26.6. The lowest BCUT2D eigenvalue weighted by Gasteiger charge is -2.09. The third-order valence-corrected chi connectivity index (χ3v) is 5.11. The van der Waals surface area contributed by atoms with Crippen LogP contribution in [0.5, 0.6) is 0 Å². The zero-order valence-electron chi connectivity index (χ0n) is 15.9. The summed E-state index contributed by atoms with van der Waals surface area (Å²) >= 11 is 1.47. The molecule has 2 heterocycles. The molecule has 0 saturated heterocycles. The van der Waals surface area contributed by atoms with E-state index < -0.39 is 0 Å². The highest BCUT2D eigenvalue weighted by Gasteiger charge is 2.19. The van der Waals surface area contributed by atoms with E-state index in [0.29, 0.717) is 16.8 Å². The van der Waals surface area contributed by atoms with Crippen molar-refractivity contribution < 1.29 is 9.21 Å². The zero-order valence-corrected chi connectivity index (χ0v) is 16.7. The van der Waals surface area contributed by atoms with Gasteiger partial charge in [0.1, 0.15) is 5.76 Å². The van der Waals surface area contributed by atoms with E-state index in [9.17, 15) is 4.79 Å². The lowest BCUT2D eigenvalue weighted by atomic mass is 10.2. The van der Waals surface area contributed by atoms with Crippen molar-refractivity contribution in [1.82, 2.24) is 15.0 Å². The molecule has 1 amide bonds. The molecule has 0 radical (unpaired) electrons. The maximum atomic E-state index is 12.7. The van der Waals surface area contributed by atoms with Crippen LogP contribution < -0.4 is 5.32 Å². The first-order chi connectivity index (χ1) is 14.1. The summed E-state index contributed by atoms with van der Waals surface area (Å²) in [6.45, 7) is 3.68. The quantitative estimate of drug-likeness (QED) is 0.465. The van der Waals surface area contributed by atoms with Crippen molar-refractivity contribution in [3.05, 3.63) is 84.0 Å². The summed E-state index contributed by atoms with van der Waals surface area (Å²) < 4.78 is 5.69. The molecule has 7 heteroatoms. The number of hydrogen-bond acceptors (Lipinski definition) is 6. The number of hydrogen-bond donors (Lipinski definition) is 1. The number of carbonyl (C=O) groups is 1. The van der Waals surface area contributed by atoms with E-state index in [4.69, 9.17) is 4.42 Å². The van der Waals surface area contributed by atoms with E-state index in [1.807, 2.05) is 55.5 Å². The number of nitrogens with zero attached hydrogens (tertiary/aromatic N) is 3. The minimum absolute atomic E-state index is 0.277. The zero-order chi connectivity index (χ0) is 20.2. The van der Waals surface area contributed by atoms with Gasteiger partial charge in [-0.1, -0.05) is 18.2 Å². The van der Waals surface area contributed by atoms with Gasteiger partial charge in [0.05, 0.1) is 0 Å². The van der Waals surface area contributed by atoms with Crippen LogP contribution in [0.15, 0.2) is 81.5 Å². The summed E-state index contributed by atoms with van der Waals surface area (Å²) in [5.74, 6) is 0.607. The van der Waals surface area contributed by atoms with E-state index in [1.165, 1.54) is 11.8 Å². The highest BCUT2D eigenvalue weighted by atomic mass is 32.2. The number of aromatic nitrogens is 3. The molecular weight excluding hydrogens is 384 g/mol. The molecule has 0 aliphatic rings. The van der Waals surface area contributed by atoms with Crippen LogP contribution >= 0.6 is 11.8 Å². The van der Waals surface area contributed by atoms with Crippen LogP contribution in [0.1, 0.15) is 21.8 Å². The molecule has 2 aromatic carbocycles. The second-order valence-electron chi connectivity index (χ2n) is 6.35. The molecule has 0 fully saturated rings. The van der Waals surface area contributed by atoms with Crippen LogP contribution in [0.2, 0.25) is 0 Å². The van der Waals surface area contributed by atoms with Gasteiger partial charge >= 0.3 is 0 Å². The van der Waals surface area contributed by atoms with Crippen molar-refractivity contribution in [3.63, 3.8) is 0 Å². The molecule has 4 rings (SSSR count). The lowest BCUT2D eigenvalue weighted by Crippen LogP contribution is -2.14. The molecule has 0 unspecified atom stereocenters. The second-order valence-corrected chi connectivity index (χ2v) is 7.39. The number of anilines is 1. The Labute approximate surface area is 172 Å². The van der Waals surface area contributed by atoms with E-state index in [-0.39, 0.29) is 11.6 Å². The summed E-state index contributed by atoms with van der Waals surface area (Å²) in [7, 11) is 0. The highest BCUT2D eigenvalue weighted by molar-refractivity contribution is 7.99. The SMILES string of the molecule is Cc1cc(Sc2ncccn2)ccc1NC(=O)c1nc(-c2ccccc2)oc1C. The van der Waals surface area contributed by atoms with Crippen LogP contribution in [-0.4, -0.2) is 20.9 Å². The number of benzene rings is 2. The van der Waals surface area contributed by atoms with Crippen LogP contribution in [0.4, 0.5) is 5.69 Å². The first-order valence-corrected chi connectivity index (χ1v) is 9.81. The van der Waals surface area contributed by atoms with Crippen molar-refractivity contribution in [2.45, 2.75) is 23.9 Å². The fraction of sp³-hybridized carbons (Fsp3) is 0.0909. The van der Waals surface area contributed by atoms with Gasteiger partial charge in [0, 0.05) is 28.5 Å². The Hall–Kier alpha value is -3.45. The molecule has 1 N–H and O–H groups in total. The molecule has 0 saturated carbocycles. The third kappa shape index (κ3) is 4.35. The van der Waals surface area contributed by atoms with Gasteiger partial charge in [-0.3, -0.25) is 4.79 Å². The van der Waals surface area contributed by atoms with Gasteiger partial charge in [-0.25, -0.2) is 15.0 Å². The molecule has 0 aliphatic heterocycles.